The molecular weight excluding hydrogens is 610 g/mol. The number of hydrogen-bond acceptors (Lipinski definition) is 8. The number of benzene rings is 3. The van der Waals surface area contributed by atoms with Gasteiger partial charge in [0.05, 0.1) is 43.1 Å². The fourth-order valence-electron chi connectivity index (χ4n) is 8.71. The third-order valence-corrected chi connectivity index (χ3v) is 10.8. The fourth-order valence-corrected chi connectivity index (χ4v) is 8.71. The molecule has 0 bridgehead atoms. The Hall–Kier alpha value is -5.12. The van der Waals surface area contributed by atoms with Crippen molar-refractivity contribution in [3.8, 4) is 17.2 Å². The minimum Gasteiger partial charge on any atom is -0.502 e. The monoisotopic (exact) mass is 649 g/mol. The molecule has 7 rings (SSSR count). The quantitative estimate of drug-likeness (QED) is 0.255. The van der Waals surface area contributed by atoms with Gasteiger partial charge in [-0.1, -0.05) is 66.6 Å². The molecule has 0 aromatic heterocycles. The Morgan fingerprint density at radius 2 is 1.56 bits per heavy atom. The van der Waals surface area contributed by atoms with Crippen LogP contribution in [0.4, 0.5) is 5.69 Å². The number of phenols is 1. The zero-order valence-corrected chi connectivity index (χ0v) is 27.4. The Balaban J connectivity index is 1.48. The van der Waals surface area contributed by atoms with Crippen molar-refractivity contribution in [2.24, 2.45) is 23.7 Å². The first kappa shape index (κ1) is 31.5. The zero-order chi connectivity index (χ0) is 33.9. The van der Waals surface area contributed by atoms with E-state index in [1.165, 1.54) is 19.1 Å². The molecular formula is C38H39N3O7. The minimum absolute atomic E-state index is 0.146. The van der Waals surface area contributed by atoms with Crippen LogP contribution in [0.15, 0.2) is 78.4 Å². The van der Waals surface area contributed by atoms with Crippen LogP contribution in [-0.4, -0.2) is 59.4 Å². The molecule has 2 heterocycles. The number of imide groups is 2. The lowest BCUT2D eigenvalue weighted by Crippen LogP contribution is -2.53. The molecule has 0 unspecified atom stereocenters. The number of fused-ring (bicyclic) bond motifs is 4. The first-order valence-electron chi connectivity index (χ1n) is 16.4. The minimum atomic E-state index is -1.44. The lowest BCUT2D eigenvalue weighted by Gasteiger charge is -2.50. The number of phenolic OH excluding ortho intramolecular Hbond substituents is 1. The van der Waals surface area contributed by atoms with Crippen LogP contribution in [0.2, 0.25) is 0 Å². The highest BCUT2D eigenvalue weighted by atomic mass is 16.5. The van der Waals surface area contributed by atoms with Crippen molar-refractivity contribution in [2.45, 2.75) is 44.4 Å². The molecule has 4 amide bonds. The Labute approximate surface area is 279 Å². The number of carbonyl (C=O) groups excluding carboxylic acids is 4. The summed E-state index contributed by atoms with van der Waals surface area (Å²) in [6.45, 7) is 4.23. The third-order valence-electron chi connectivity index (χ3n) is 10.8. The molecule has 10 heteroatoms. The predicted octanol–water partition coefficient (Wildman–Crippen LogP) is 5.11. The zero-order valence-electron chi connectivity index (χ0n) is 27.4. The number of carbonyl (C=O) groups is 4. The summed E-state index contributed by atoms with van der Waals surface area (Å²) < 4.78 is 11.1. The van der Waals surface area contributed by atoms with E-state index in [2.05, 4.69) is 5.43 Å². The van der Waals surface area contributed by atoms with E-state index in [1.54, 1.807) is 12.1 Å². The van der Waals surface area contributed by atoms with Crippen LogP contribution in [0, 0.1) is 30.6 Å². The van der Waals surface area contributed by atoms with Gasteiger partial charge in [0.1, 0.15) is 0 Å². The molecule has 4 aliphatic rings. The first-order valence-corrected chi connectivity index (χ1v) is 16.4. The van der Waals surface area contributed by atoms with E-state index in [9.17, 15) is 19.5 Å². The smallest absolute Gasteiger partial charge is 0.260 e. The molecule has 0 spiro atoms. The van der Waals surface area contributed by atoms with E-state index in [0.29, 0.717) is 36.2 Å². The number of likely N-dealkylation sites (tertiary alicyclic amines) is 1. The van der Waals surface area contributed by atoms with Crippen molar-refractivity contribution >= 4 is 29.3 Å². The number of amides is 4. The average Bonchev–Trinajstić information content (AvgIpc) is 3.47. The molecule has 3 fully saturated rings. The van der Waals surface area contributed by atoms with Crippen LogP contribution < -0.4 is 14.9 Å². The van der Waals surface area contributed by atoms with Crippen LogP contribution >= 0.6 is 0 Å². The molecule has 1 saturated carbocycles. The van der Waals surface area contributed by atoms with Crippen LogP contribution in [-0.2, 0) is 24.6 Å². The Bertz CT molecular complexity index is 1810. The number of aromatic hydroxyl groups is 1. The molecule has 48 heavy (non-hydrogen) atoms. The van der Waals surface area contributed by atoms with E-state index in [4.69, 9.17) is 9.47 Å². The second kappa shape index (κ2) is 11.8. The van der Waals surface area contributed by atoms with Crippen LogP contribution in [0.25, 0.3) is 0 Å². The van der Waals surface area contributed by atoms with Crippen molar-refractivity contribution in [1.29, 1.82) is 0 Å². The van der Waals surface area contributed by atoms with Crippen molar-refractivity contribution in [3.63, 3.8) is 0 Å². The summed E-state index contributed by atoms with van der Waals surface area (Å²) in [4.78, 5) is 58.9. The van der Waals surface area contributed by atoms with E-state index in [-0.39, 0.29) is 35.5 Å². The Morgan fingerprint density at radius 3 is 2.19 bits per heavy atom. The van der Waals surface area contributed by atoms with Gasteiger partial charge < -0.3 is 14.6 Å². The van der Waals surface area contributed by atoms with Crippen LogP contribution in [0.1, 0.15) is 48.8 Å². The molecule has 10 nitrogen and oxygen atoms in total. The SMILES string of the molecule is CCCN1C(=O)[C@H]2[C@H](CC=C3[C@H]2C[C@H]2C(=O)N(Nc4ccc(C)cc4)C(=O)[C@@]2(c2ccccc2)[C@H]3c2cc(OC)c(O)c(OC)c2)C1=O. The van der Waals surface area contributed by atoms with Crippen molar-refractivity contribution < 1.29 is 33.8 Å². The summed E-state index contributed by atoms with van der Waals surface area (Å²) in [6.07, 6.45) is 3.20. The summed E-state index contributed by atoms with van der Waals surface area (Å²) in [6, 6.07) is 20.1. The molecule has 248 valence electrons. The van der Waals surface area contributed by atoms with E-state index in [0.717, 1.165) is 16.1 Å². The van der Waals surface area contributed by atoms with Gasteiger partial charge in [-0.2, -0.15) is 5.01 Å². The summed E-state index contributed by atoms with van der Waals surface area (Å²) in [5.41, 5.74) is 5.35. The van der Waals surface area contributed by atoms with Gasteiger partial charge >= 0.3 is 0 Å². The van der Waals surface area contributed by atoms with Crippen molar-refractivity contribution in [2.75, 3.05) is 26.2 Å². The number of allylic oxidation sites excluding steroid dienone is 2. The predicted molar refractivity (Wildman–Crippen MR) is 177 cm³/mol. The summed E-state index contributed by atoms with van der Waals surface area (Å²) >= 11 is 0. The number of methoxy groups -OCH3 is 2. The van der Waals surface area contributed by atoms with Crippen LogP contribution in [0.3, 0.4) is 0 Å². The highest BCUT2D eigenvalue weighted by Crippen LogP contribution is 2.64. The van der Waals surface area contributed by atoms with Gasteiger partial charge in [0.2, 0.25) is 17.6 Å². The van der Waals surface area contributed by atoms with Gasteiger partial charge in [0, 0.05) is 12.5 Å². The molecule has 2 aliphatic heterocycles. The summed E-state index contributed by atoms with van der Waals surface area (Å²) in [7, 11) is 2.87. The van der Waals surface area contributed by atoms with Crippen molar-refractivity contribution in [3.05, 3.63) is 95.1 Å². The number of aryl methyl sites for hydroxylation is 1. The molecule has 2 N–H and O–H groups in total. The molecule has 0 radical (unpaired) electrons. The number of nitrogens with zero attached hydrogens (tertiary/aromatic N) is 2. The largest absolute Gasteiger partial charge is 0.502 e. The number of hydrogen-bond donors (Lipinski definition) is 2. The maximum atomic E-state index is 15.2. The molecule has 2 aliphatic carbocycles. The maximum absolute atomic E-state index is 15.2. The van der Waals surface area contributed by atoms with Crippen LogP contribution in [0.5, 0.6) is 17.2 Å². The lowest BCUT2D eigenvalue weighted by molar-refractivity contribution is -0.141. The molecule has 3 aromatic carbocycles. The summed E-state index contributed by atoms with van der Waals surface area (Å²) in [5, 5.41) is 12.0. The van der Waals surface area contributed by atoms with Gasteiger partial charge in [-0.05, 0) is 67.5 Å². The number of anilines is 1. The molecule has 2 saturated heterocycles. The van der Waals surface area contributed by atoms with E-state index in [1.807, 2.05) is 74.5 Å². The Kier molecular flexibility index (Phi) is 7.77. The molecule has 3 aromatic rings. The topological polar surface area (TPSA) is 125 Å². The first-order chi connectivity index (χ1) is 23.2. The highest BCUT2D eigenvalue weighted by molar-refractivity contribution is 6.13. The number of nitrogens with one attached hydrogen (secondary N) is 1. The number of rotatable bonds is 8. The van der Waals surface area contributed by atoms with Gasteiger partial charge in [-0.3, -0.25) is 29.5 Å². The third kappa shape index (κ3) is 4.45. The fraction of sp³-hybridized carbons (Fsp3) is 0.368. The van der Waals surface area contributed by atoms with E-state index >= 15 is 4.79 Å². The average molecular weight is 650 g/mol. The van der Waals surface area contributed by atoms with E-state index < -0.39 is 46.8 Å². The van der Waals surface area contributed by atoms with Crippen molar-refractivity contribution in [1.82, 2.24) is 9.91 Å². The normalized spacial score (nSPS) is 27.8. The highest BCUT2D eigenvalue weighted by Gasteiger charge is 2.70. The standard InChI is InChI=1S/C38H39N3O7/c1-5-17-40-34(43)26-16-15-25-27(31(26)36(40)45)20-28-35(44)41(39-24-13-11-21(2)12-14-24)37(46)38(28,23-9-7-6-8-10-23)32(25)22-18-29(47-3)33(42)30(19-22)48-4/h6-15,18-19,26-28,31-32,39,42H,5,16-17,20H2,1-4H3/t26-,27+,28-,31-,32-,38+/m0/s1. The number of ether oxygens (including phenoxy) is 2. The molecule has 6 atom stereocenters. The van der Waals surface area contributed by atoms with Gasteiger partial charge in [-0.25, -0.2) is 0 Å². The summed E-state index contributed by atoms with van der Waals surface area (Å²) in [5.74, 6) is -4.44. The second-order valence-electron chi connectivity index (χ2n) is 13.2. The van der Waals surface area contributed by atoms with Gasteiger partial charge in [-0.15, -0.1) is 0 Å². The van der Waals surface area contributed by atoms with Gasteiger partial charge in [0.15, 0.2) is 11.5 Å². The second-order valence-corrected chi connectivity index (χ2v) is 13.2. The lowest BCUT2D eigenvalue weighted by atomic mass is 9.49. The maximum Gasteiger partial charge on any atom is 0.260 e. The van der Waals surface area contributed by atoms with Gasteiger partial charge in [0.25, 0.3) is 11.8 Å². The Morgan fingerprint density at radius 1 is 0.896 bits per heavy atom. The number of hydrazine groups is 1.